The van der Waals surface area contributed by atoms with Gasteiger partial charge in [-0.1, -0.05) is 6.92 Å². The summed E-state index contributed by atoms with van der Waals surface area (Å²) in [6.45, 7) is 5.45. The highest BCUT2D eigenvalue weighted by molar-refractivity contribution is 7.89. The molecule has 0 saturated carbocycles. The predicted octanol–water partition coefficient (Wildman–Crippen LogP) is 0.995. The van der Waals surface area contributed by atoms with Gasteiger partial charge >= 0.3 is 0 Å². The Kier molecular flexibility index (Phi) is 4.75. The van der Waals surface area contributed by atoms with Crippen LogP contribution in [0, 0.1) is 6.92 Å². The summed E-state index contributed by atoms with van der Waals surface area (Å²) in [6, 6.07) is 3.25. The molecule has 1 aliphatic heterocycles. The van der Waals surface area contributed by atoms with Gasteiger partial charge in [-0.05, 0) is 18.6 Å². The Morgan fingerprint density at radius 2 is 1.81 bits per heavy atom. The lowest BCUT2D eigenvalue weighted by atomic mass is 10.2. The summed E-state index contributed by atoms with van der Waals surface area (Å²) in [5.41, 5.74) is 0.651. The fourth-order valence-electron chi connectivity index (χ4n) is 2.47. The fraction of sp³-hybridized carbons (Fsp3) is 0.571. The number of sulfonamides is 1. The van der Waals surface area contributed by atoms with Crippen molar-refractivity contribution >= 4 is 10.0 Å². The topological polar surface area (TPSA) is 67.9 Å². The first-order valence-electron chi connectivity index (χ1n) is 6.90. The molecule has 0 amide bonds. The molecule has 7 heteroatoms. The maximum Gasteiger partial charge on any atom is 0.243 e. The average molecular weight is 314 g/mol. The average Bonchev–Trinajstić information content (AvgIpc) is 2.41. The van der Waals surface area contributed by atoms with Gasteiger partial charge in [-0.2, -0.15) is 4.31 Å². The van der Waals surface area contributed by atoms with Gasteiger partial charge in [0.2, 0.25) is 10.0 Å². The molecule has 6 nitrogen and oxygen atoms in total. The third-order valence-electron chi connectivity index (χ3n) is 3.75. The molecule has 0 unspecified atom stereocenters. The summed E-state index contributed by atoms with van der Waals surface area (Å²) in [6.07, 6.45) is 0. The van der Waals surface area contributed by atoms with Gasteiger partial charge in [0.25, 0.3) is 0 Å². The van der Waals surface area contributed by atoms with Gasteiger partial charge in [0, 0.05) is 31.7 Å². The second-order valence-electron chi connectivity index (χ2n) is 4.99. The summed E-state index contributed by atoms with van der Waals surface area (Å²) in [7, 11) is -0.513. The fourth-order valence-corrected chi connectivity index (χ4v) is 4.32. The van der Waals surface area contributed by atoms with Crippen molar-refractivity contribution in [1.29, 1.82) is 0 Å². The van der Waals surface area contributed by atoms with Crippen LogP contribution in [0.2, 0.25) is 0 Å². The number of ether oxygens (including phenoxy) is 2. The molecule has 118 valence electrons. The molecule has 0 atom stereocenters. The molecule has 1 saturated heterocycles. The quantitative estimate of drug-likeness (QED) is 0.848. The van der Waals surface area contributed by atoms with Crippen LogP contribution in [0.15, 0.2) is 17.0 Å². The molecule has 0 aromatic heterocycles. The van der Waals surface area contributed by atoms with Gasteiger partial charge in [0.05, 0.1) is 19.1 Å². The summed E-state index contributed by atoms with van der Waals surface area (Å²) in [4.78, 5) is 0.272. The molecule has 1 aromatic rings. The number of nitrogens with one attached hydrogen (secondary N) is 1. The van der Waals surface area contributed by atoms with Crippen molar-refractivity contribution in [2.75, 3.05) is 33.9 Å². The van der Waals surface area contributed by atoms with Gasteiger partial charge in [0.1, 0.15) is 0 Å². The second kappa shape index (κ2) is 6.21. The molecule has 1 heterocycles. The van der Waals surface area contributed by atoms with E-state index >= 15 is 0 Å². The number of nitrogens with zero attached hydrogens (tertiary/aromatic N) is 1. The smallest absolute Gasteiger partial charge is 0.243 e. The van der Waals surface area contributed by atoms with Crippen molar-refractivity contribution in [3.8, 4) is 11.5 Å². The van der Waals surface area contributed by atoms with E-state index in [1.165, 1.54) is 24.6 Å². The Morgan fingerprint density at radius 3 is 2.24 bits per heavy atom. The monoisotopic (exact) mass is 314 g/mol. The summed E-state index contributed by atoms with van der Waals surface area (Å²) < 4.78 is 37.7. The Bertz CT molecular complexity index is 612. The highest BCUT2D eigenvalue weighted by Crippen LogP contribution is 2.34. The minimum absolute atomic E-state index is 0.0208. The van der Waals surface area contributed by atoms with Crippen LogP contribution in [0.5, 0.6) is 11.5 Å². The van der Waals surface area contributed by atoms with E-state index in [-0.39, 0.29) is 10.9 Å². The highest BCUT2D eigenvalue weighted by atomic mass is 32.2. The predicted molar refractivity (Wildman–Crippen MR) is 80.5 cm³/mol. The first-order chi connectivity index (χ1) is 9.95. The van der Waals surface area contributed by atoms with Crippen molar-refractivity contribution in [1.82, 2.24) is 9.62 Å². The van der Waals surface area contributed by atoms with Crippen LogP contribution in [0.4, 0.5) is 0 Å². The maximum atomic E-state index is 12.9. The summed E-state index contributed by atoms with van der Waals surface area (Å²) >= 11 is 0. The third-order valence-corrected chi connectivity index (χ3v) is 5.92. The molecule has 2 rings (SSSR count). The van der Waals surface area contributed by atoms with Crippen LogP contribution in [0.1, 0.15) is 12.5 Å². The SMILES string of the molecule is CCN(C1CNC1)S(=O)(=O)c1cc(OC)c(OC)cc1C. The Labute approximate surface area is 126 Å². The second-order valence-corrected chi connectivity index (χ2v) is 6.85. The number of benzene rings is 1. The molecule has 1 N–H and O–H groups in total. The van der Waals surface area contributed by atoms with Crippen molar-refractivity contribution < 1.29 is 17.9 Å². The molecule has 0 aliphatic carbocycles. The molecule has 1 aliphatic rings. The lowest BCUT2D eigenvalue weighted by molar-refractivity contribution is 0.249. The molecule has 0 radical (unpaired) electrons. The number of methoxy groups -OCH3 is 2. The van der Waals surface area contributed by atoms with Crippen molar-refractivity contribution in [3.63, 3.8) is 0 Å². The van der Waals surface area contributed by atoms with Gasteiger partial charge in [-0.15, -0.1) is 0 Å². The van der Waals surface area contributed by atoms with Crippen LogP contribution >= 0.6 is 0 Å². The molecule has 1 aromatic carbocycles. The minimum Gasteiger partial charge on any atom is -0.493 e. The van der Waals surface area contributed by atoms with E-state index in [1.807, 2.05) is 6.92 Å². The molecule has 0 spiro atoms. The highest BCUT2D eigenvalue weighted by Gasteiger charge is 2.35. The van der Waals surface area contributed by atoms with Gasteiger partial charge < -0.3 is 14.8 Å². The largest absolute Gasteiger partial charge is 0.493 e. The lowest BCUT2D eigenvalue weighted by Gasteiger charge is -2.36. The van der Waals surface area contributed by atoms with Crippen LogP contribution in [0.3, 0.4) is 0 Å². The standard InChI is InChI=1S/C14H22N2O4S/c1-5-16(11-8-15-9-11)21(17,18)14-7-13(20-4)12(19-3)6-10(14)2/h6-7,11,15H,5,8-9H2,1-4H3. The summed E-state index contributed by atoms with van der Waals surface area (Å²) in [5.74, 6) is 0.951. The van der Waals surface area contributed by atoms with Crippen molar-refractivity contribution in [3.05, 3.63) is 17.7 Å². The van der Waals surface area contributed by atoms with E-state index in [4.69, 9.17) is 9.47 Å². The maximum absolute atomic E-state index is 12.9. The van der Waals surface area contributed by atoms with Crippen molar-refractivity contribution in [2.45, 2.75) is 24.8 Å². The number of aryl methyl sites for hydroxylation is 1. The van der Waals surface area contributed by atoms with E-state index in [9.17, 15) is 8.42 Å². The zero-order valence-corrected chi connectivity index (χ0v) is 13.7. The molecule has 21 heavy (non-hydrogen) atoms. The summed E-state index contributed by atoms with van der Waals surface area (Å²) in [5, 5.41) is 3.10. The molecule has 1 fully saturated rings. The normalized spacial score (nSPS) is 15.9. The first-order valence-corrected chi connectivity index (χ1v) is 8.34. The van der Waals surface area contributed by atoms with Gasteiger partial charge in [-0.25, -0.2) is 8.42 Å². The zero-order valence-electron chi connectivity index (χ0n) is 12.8. The molecular formula is C14H22N2O4S. The van der Waals surface area contributed by atoms with E-state index in [0.717, 1.165) is 0 Å². The Morgan fingerprint density at radius 1 is 1.24 bits per heavy atom. The van der Waals surface area contributed by atoms with E-state index in [2.05, 4.69) is 5.32 Å². The van der Waals surface area contributed by atoms with Crippen LogP contribution in [0.25, 0.3) is 0 Å². The van der Waals surface area contributed by atoms with Crippen LogP contribution in [-0.4, -0.2) is 52.6 Å². The van der Waals surface area contributed by atoms with Gasteiger partial charge in [0.15, 0.2) is 11.5 Å². The van der Waals surface area contributed by atoms with Gasteiger partial charge in [-0.3, -0.25) is 0 Å². The zero-order chi connectivity index (χ0) is 15.6. The Balaban J connectivity index is 2.48. The number of hydrogen-bond donors (Lipinski definition) is 1. The van der Waals surface area contributed by atoms with Crippen molar-refractivity contribution in [2.24, 2.45) is 0 Å². The number of rotatable bonds is 6. The molecular weight excluding hydrogens is 292 g/mol. The van der Waals surface area contributed by atoms with Crippen LogP contribution < -0.4 is 14.8 Å². The third kappa shape index (κ3) is 2.86. The molecule has 0 bridgehead atoms. The Hall–Kier alpha value is -1.31. The first kappa shape index (κ1) is 16.1. The minimum atomic E-state index is -3.54. The van der Waals surface area contributed by atoms with E-state index in [1.54, 1.807) is 13.0 Å². The van der Waals surface area contributed by atoms with Crippen LogP contribution in [-0.2, 0) is 10.0 Å². The lowest BCUT2D eigenvalue weighted by Crippen LogP contribution is -2.58. The number of hydrogen-bond acceptors (Lipinski definition) is 5. The number of likely N-dealkylation sites (N-methyl/N-ethyl adjacent to an activating group) is 1. The van der Waals surface area contributed by atoms with E-state index < -0.39 is 10.0 Å². The van der Waals surface area contributed by atoms with E-state index in [0.29, 0.717) is 36.7 Å².